The molecular weight excluding hydrogens is 726 g/mol. The SMILES string of the molecule is C=C(ON=CC(=O)N1c2nc(NC(=O)OC(C)(C)C)sc2C2S[C@H]3C1C(=O)N3C(C(=O)OCc1ccc(OC)cc1)=C2CCl)C(=O)OC(C)(C)C. The van der Waals surface area contributed by atoms with E-state index in [1.165, 1.54) is 23.8 Å². The maximum atomic E-state index is 14.0. The van der Waals surface area contributed by atoms with E-state index in [1.807, 2.05) is 0 Å². The molecule has 0 spiro atoms. The van der Waals surface area contributed by atoms with Crippen molar-refractivity contribution in [1.82, 2.24) is 9.88 Å². The minimum absolute atomic E-state index is 0.0296. The number of carbonyl (C=O) groups is 5. The Hall–Kier alpha value is -4.61. The van der Waals surface area contributed by atoms with Crippen LogP contribution in [0.4, 0.5) is 15.7 Å². The van der Waals surface area contributed by atoms with Gasteiger partial charge in [-0.25, -0.2) is 19.4 Å². The van der Waals surface area contributed by atoms with Crippen LogP contribution in [-0.4, -0.2) is 81.6 Å². The number of hydrogen-bond acceptors (Lipinski definition) is 14. The third-order valence-corrected chi connectivity index (χ3v) is 10.2. The highest BCUT2D eigenvalue weighted by atomic mass is 35.5. The van der Waals surface area contributed by atoms with Gasteiger partial charge in [-0.1, -0.05) is 28.6 Å². The summed E-state index contributed by atoms with van der Waals surface area (Å²) in [5, 5.41) is 4.86. The molecule has 1 N–H and O–H groups in total. The van der Waals surface area contributed by atoms with Crippen LogP contribution < -0.4 is 15.0 Å². The molecule has 15 nitrogen and oxygen atoms in total. The number of nitrogens with one attached hydrogen (secondary N) is 1. The second-order valence-electron chi connectivity index (χ2n) is 13.3. The minimum atomic E-state index is -1.15. The van der Waals surface area contributed by atoms with Gasteiger partial charge in [-0.15, -0.1) is 23.4 Å². The molecule has 1 saturated heterocycles. The molecule has 0 aliphatic carbocycles. The number of fused-ring (bicyclic) bond motifs is 3. The van der Waals surface area contributed by atoms with Crippen LogP contribution in [0.5, 0.6) is 5.75 Å². The number of β-lactam (4-membered cyclic amide) rings is 1. The Kier molecular flexibility index (Phi) is 10.7. The van der Waals surface area contributed by atoms with Crippen molar-refractivity contribution < 1.29 is 47.8 Å². The molecule has 2 bridgehead atoms. The fraction of sp³-hybridized carbons (Fsp3) is 0.424. The second kappa shape index (κ2) is 14.6. The van der Waals surface area contributed by atoms with Crippen LogP contribution in [0.25, 0.3) is 0 Å². The number of anilines is 2. The number of carbonyl (C=O) groups excluding carboxylic acids is 5. The normalized spacial score (nSPS) is 19.5. The molecule has 2 aromatic rings. The number of amides is 3. The lowest BCUT2D eigenvalue weighted by Crippen LogP contribution is -2.71. The number of methoxy groups -OCH3 is 1. The van der Waals surface area contributed by atoms with Crippen LogP contribution in [0.1, 0.15) is 57.2 Å². The molecule has 0 saturated carbocycles. The Morgan fingerprint density at radius 2 is 1.75 bits per heavy atom. The van der Waals surface area contributed by atoms with Crippen LogP contribution in [0, 0.1) is 0 Å². The van der Waals surface area contributed by atoms with Gasteiger partial charge in [0.15, 0.2) is 10.9 Å². The molecule has 1 aromatic heterocycles. The van der Waals surface area contributed by atoms with Gasteiger partial charge < -0.3 is 23.8 Å². The van der Waals surface area contributed by atoms with E-state index >= 15 is 0 Å². The number of esters is 2. The zero-order valence-electron chi connectivity index (χ0n) is 28.8. The molecule has 0 radical (unpaired) electrons. The first-order valence-electron chi connectivity index (χ1n) is 15.5. The Balaban J connectivity index is 1.49. The van der Waals surface area contributed by atoms with Crippen LogP contribution in [0.3, 0.4) is 0 Å². The van der Waals surface area contributed by atoms with Gasteiger partial charge in [-0.05, 0) is 71.4 Å². The summed E-state index contributed by atoms with van der Waals surface area (Å²) in [5.41, 5.74) is -0.635. The molecule has 18 heteroatoms. The van der Waals surface area contributed by atoms with E-state index in [4.69, 9.17) is 35.4 Å². The van der Waals surface area contributed by atoms with Gasteiger partial charge in [0.2, 0.25) is 5.76 Å². The van der Waals surface area contributed by atoms with Crippen LogP contribution in [0.2, 0.25) is 0 Å². The molecule has 272 valence electrons. The number of halogens is 1. The van der Waals surface area contributed by atoms with E-state index in [1.54, 1.807) is 65.8 Å². The van der Waals surface area contributed by atoms with Gasteiger partial charge in [0, 0.05) is 5.88 Å². The number of aromatic nitrogens is 1. The van der Waals surface area contributed by atoms with Crippen molar-refractivity contribution >= 4 is 81.7 Å². The van der Waals surface area contributed by atoms with Gasteiger partial charge >= 0.3 is 18.0 Å². The summed E-state index contributed by atoms with van der Waals surface area (Å²) in [7, 11) is 1.54. The Labute approximate surface area is 306 Å². The minimum Gasteiger partial charge on any atom is -0.497 e. The summed E-state index contributed by atoms with van der Waals surface area (Å²) in [6.45, 7) is 13.5. The van der Waals surface area contributed by atoms with E-state index in [0.717, 1.165) is 22.5 Å². The fourth-order valence-electron chi connectivity index (χ4n) is 5.14. The average Bonchev–Trinajstić information content (AvgIpc) is 3.42. The molecular formula is C33H36ClN5O10S2. The van der Waals surface area contributed by atoms with Gasteiger partial charge in [-0.3, -0.25) is 24.7 Å². The predicted molar refractivity (Wildman–Crippen MR) is 189 cm³/mol. The molecule has 1 fully saturated rings. The van der Waals surface area contributed by atoms with Gasteiger partial charge in [0.1, 0.15) is 46.9 Å². The van der Waals surface area contributed by atoms with E-state index in [0.29, 0.717) is 21.8 Å². The molecule has 3 aliphatic rings. The quantitative estimate of drug-likeness (QED) is 0.0487. The number of ether oxygens (including phenoxy) is 4. The topological polar surface area (TPSA) is 175 Å². The van der Waals surface area contributed by atoms with Crippen molar-refractivity contribution in [3.05, 3.63) is 58.3 Å². The first-order valence-corrected chi connectivity index (χ1v) is 17.8. The number of hydrogen-bond donors (Lipinski definition) is 1. The Morgan fingerprint density at radius 1 is 1.08 bits per heavy atom. The zero-order valence-corrected chi connectivity index (χ0v) is 31.2. The molecule has 3 atom stereocenters. The fourth-order valence-corrected chi connectivity index (χ4v) is 8.36. The van der Waals surface area contributed by atoms with Gasteiger partial charge in [-0.2, -0.15) is 0 Å². The highest BCUT2D eigenvalue weighted by Crippen LogP contribution is 2.59. The molecule has 3 amide bonds. The summed E-state index contributed by atoms with van der Waals surface area (Å²) >= 11 is 8.81. The molecule has 5 rings (SSSR count). The molecule has 4 heterocycles. The first-order chi connectivity index (χ1) is 23.9. The monoisotopic (exact) mass is 761 g/mol. The van der Waals surface area contributed by atoms with Gasteiger partial charge in [0.25, 0.3) is 11.8 Å². The predicted octanol–water partition coefficient (Wildman–Crippen LogP) is 5.26. The number of nitrogens with zero attached hydrogens (tertiary/aromatic N) is 4. The first kappa shape index (κ1) is 37.6. The van der Waals surface area contributed by atoms with Crippen LogP contribution in [0.15, 0.2) is 53.0 Å². The van der Waals surface area contributed by atoms with E-state index in [9.17, 15) is 24.0 Å². The van der Waals surface area contributed by atoms with Crippen molar-refractivity contribution in [2.45, 2.75) is 76.0 Å². The standard InChI is InChI=1S/C33H36ClN5O10S2/c1-16(28(42)47-32(2,3)4)49-35-14-20(40)38-22-26(41)39-21(29(43)46-15-17-9-11-18(45-8)12-10-17)19(13-34)23(50-27(22)39)24-25(38)36-30(51-24)37-31(44)48-33(5,6)7/h9-12,14,22-23,27H,1,13,15H2,2-8H3,(H,36,37,44)/t22?,23?,27-/m0/s1. The number of oxime groups is 1. The summed E-state index contributed by atoms with van der Waals surface area (Å²) in [5.74, 6) is -3.10. The van der Waals surface area contributed by atoms with Crippen molar-refractivity contribution in [3.63, 3.8) is 0 Å². The molecule has 1 aromatic carbocycles. The van der Waals surface area contributed by atoms with Crippen molar-refractivity contribution in [2.24, 2.45) is 5.16 Å². The third kappa shape index (κ3) is 8.15. The summed E-state index contributed by atoms with van der Waals surface area (Å²) in [4.78, 5) is 78.8. The number of alkyl halides is 1. The largest absolute Gasteiger partial charge is 0.497 e. The summed E-state index contributed by atoms with van der Waals surface area (Å²) in [6.07, 6.45) is -0.0361. The molecule has 2 unspecified atom stereocenters. The highest BCUT2D eigenvalue weighted by molar-refractivity contribution is 8.00. The maximum Gasteiger partial charge on any atom is 0.413 e. The summed E-state index contributed by atoms with van der Waals surface area (Å²) < 4.78 is 21.4. The van der Waals surface area contributed by atoms with Crippen molar-refractivity contribution in [3.8, 4) is 5.75 Å². The molecule has 3 aliphatic heterocycles. The number of thioether (sulfide) groups is 1. The maximum absolute atomic E-state index is 14.0. The summed E-state index contributed by atoms with van der Waals surface area (Å²) in [6, 6.07) is 5.78. The van der Waals surface area contributed by atoms with Crippen molar-refractivity contribution in [1.29, 1.82) is 0 Å². The highest BCUT2D eigenvalue weighted by Gasteiger charge is 2.62. The number of benzene rings is 1. The lowest BCUT2D eigenvalue weighted by Gasteiger charge is -2.51. The number of thiazole rings is 1. The third-order valence-electron chi connectivity index (χ3n) is 7.20. The number of rotatable bonds is 10. The second-order valence-corrected chi connectivity index (χ2v) is 15.8. The lowest BCUT2D eigenvalue weighted by atomic mass is 10.0. The van der Waals surface area contributed by atoms with Crippen LogP contribution in [-0.2, 0) is 44.8 Å². The van der Waals surface area contributed by atoms with E-state index in [-0.39, 0.29) is 29.1 Å². The molecule has 51 heavy (non-hydrogen) atoms. The zero-order chi connectivity index (χ0) is 37.4. The lowest BCUT2D eigenvalue weighted by molar-refractivity contribution is -0.154. The van der Waals surface area contributed by atoms with E-state index < -0.39 is 63.5 Å². The Bertz CT molecular complexity index is 1830. The average molecular weight is 762 g/mol. The van der Waals surface area contributed by atoms with Crippen molar-refractivity contribution in [2.75, 3.05) is 23.2 Å². The van der Waals surface area contributed by atoms with Gasteiger partial charge in [0.05, 0.1) is 17.2 Å². The smallest absolute Gasteiger partial charge is 0.413 e. The van der Waals surface area contributed by atoms with E-state index in [2.05, 4.69) is 22.0 Å². The van der Waals surface area contributed by atoms with Crippen LogP contribution >= 0.6 is 34.7 Å². The Morgan fingerprint density at radius 3 is 2.35 bits per heavy atom.